The van der Waals surface area contributed by atoms with Crippen molar-refractivity contribution in [1.29, 1.82) is 0 Å². The monoisotopic (exact) mass is 1010 g/mol. The number of rotatable bonds is 44. The predicted octanol–water partition coefficient (Wildman–Crippen LogP) is 18.2. The van der Waals surface area contributed by atoms with Crippen LogP contribution in [0.1, 0.15) is 282 Å². The lowest BCUT2D eigenvalue weighted by atomic mass is 10.1. The molecule has 0 saturated heterocycles. The van der Waals surface area contributed by atoms with Crippen molar-refractivity contribution in [2.45, 2.75) is 271 Å². The summed E-state index contributed by atoms with van der Waals surface area (Å²) in [5.41, 5.74) is -0.0367. The van der Waals surface area contributed by atoms with E-state index in [4.69, 9.17) is 10.2 Å². The number of carbonyl (C=O) groups is 2. The Morgan fingerprint density at radius 3 is 0.620 bits per heavy atom. The average molecular weight is 1020 g/mol. The summed E-state index contributed by atoms with van der Waals surface area (Å²) in [5, 5.41) is 17.5. The quantitative estimate of drug-likeness (QED) is 0.0506. The molecule has 0 aromatic heterocycles. The van der Waals surface area contributed by atoms with Gasteiger partial charge < -0.3 is 19.2 Å². The Morgan fingerprint density at radius 2 is 0.479 bits per heavy atom. The van der Waals surface area contributed by atoms with Crippen LogP contribution in [0.5, 0.6) is 0 Å². The van der Waals surface area contributed by atoms with Crippen LogP contribution in [0.25, 0.3) is 0 Å². The number of quaternary nitrogens is 2. The molecule has 0 amide bonds. The largest absolute Gasteiger partial charge is 0.478 e. The van der Waals surface area contributed by atoms with Crippen molar-refractivity contribution in [1.82, 2.24) is 0 Å². The molecule has 0 radical (unpaired) electrons. The molecule has 0 saturated carbocycles. The summed E-state index contributed by atoms with van der Waals surface area (Å²) < 4.78 is 27.5. The van der Waals surface area contributed by atoms with E-state index >= 15 is 0 Å². The minimum atomic E-state index is -3.81. The third-order valence-electron chi connectivity index (χ3n) is 14.7. The fraction of sp³-hybridized carbons (Fsp3) is 0.774. The highest BCUT2D eigenvalue weighted by atomic mass is 32.2. The van der Waals surface area contributed by atoms with E-state index in [1.165, 1.54) is 315 Å². The van der Waals surface area contributed by atoms with Gasteiger partial charge in [-0.3, -0.25) is 0 Å². The highest BCUT2D eigenvalue weighted by Crippen LogP contribution is 2.24. The summed E-state index contributed by atoms with van der Waals surface area (Å²) >= 11 is 0. The van der Waals surface area contributed by atoms with Gasteiger partial charge in [-0.05, 0) is 151 Å². The number of unbranched alkanes of at least 4 members (excludes halogenated alkanes) is 24. The van der Waals surface area contributed by atoms with E-state index in [2.05, 4.69) is 55.4 Å². The molecule has 0 aliphatic heterocycles. The molecule has 8 nitrogen and oxygen atoms in total. The summed E-state index contributed by atoms with van der Waals surface area (Å²) in [6, 6.07) is 9.57. The fourth-order valence-corrected chi connectivity index (χ4v) is 11.3. The molecule has 2 aromatic rings. The molecule has 9 heteroatoms. The molecule has 0 fully saturated rings. The van der Waals surface area contributed by atoms with Crippen molar-refractivity contribution in [3.63, 3.8) is 0 Å². The van der Waals surface area contributed by atoms with Crippen LogP contribution < -0.4 is 0 Å². The topological polar surface area (TPSA) is 109 Å². The number of hydrogen-bond acceptors (Lipinski definition) is 4. The summed E-state index contributed by atoms with van der Waals surface area (Å²) in [6.07, 6.45) is 45.7. The standard InChI is InChI=1S/2C24H52N.C14H10O6S/c2*1-5-9-13-17-21-25(22-18-14-10-6-2,23-19-15-11-7-3)24-20-16-12-8-4;15-13(16)9-1-5-11(6-2-9)21(19,20)12-7-3-10(4-8-12)14(17)18/h2*5-24H2,1-4H3;1-8H,(H,15,16)(H,17,18)/q2*+1;. The number of sulfone groups is 1. The summed E-state index contributed by atoms with van der Waals surface area (Å²) in [4.78, 5) is 21.3. The molecular weight excluding hydrogens is 901 g/mol. The van der Waals surface area contributed by atoms with Crippen LogP contribution in [0.3, 0.4) is 0 Å². The number of carboxylic acids is 2. The average Bonchev–Trinajstić information content (AvgIpc) is 3.37. The second-order valence-corrected chi connectivity index (χ2v) is 23.1. The van der Waals surface area contributed by atoms with Gasteiger partial charge >= 0.3 is 11.9 Å². The van der Waals surface area contributed by atoms with E-state index in [-0.39, 0.29) is 20.9 Å². The van der Waals surface area contributed by atoms with Crippen LogP contribution in [0, 0.1) is 0 Å². The number of benzene rings is 2. The molecule has 0 aliphatic rings. The third kappa shape index (κ3) is 32.9. The van der Waals surface area contributed by atoms with Crippen LogP contribution >= 0.6 is 0 Å². The van der Waals surface area contributed by atoms with Gasteiger partial charge in [-0.1, -0.05) is 158 Å². The van der Waals surface area contributed by atoms with E-state index in [1.807, 2.05) is 0 Å². The van der Waals surface area contributed by atoms with Gasteiger partial charge in [0.25, 0.3) is 0 Å². The van der Waals surface area contributed by atoms with Crippen LogP contribution in [0.2, 0.25) is 0 Å². The molecule has 0 heterocycles. The molecule has 0 atom stereocenters. The van der Waals surface area contributed by atoms with Gasteiger partial charge in [0.2, 0.25) is 9.84 Å². The molecule has 71 heavy (non-hydrogen) atoms. The molecule has 0 bridgehead atoms. The van der Waals surface area contributed by atoms with Crippen molar-refractivity contribution < 1.29 is 37.2 Å². The minimum Gasteiger partial charge on any atom is -0.478 e. The second kappa shape index (κ2) is 44.7. The van der Waals surface area contributed by atoms with Crippen molar-refractivity contribution in [3.8, 4) is 0 Å². The van der Waals surface area contributed by atoms with E-state index in [9.17, 15) is 18.0 Å². The van der Waals surface area contributed by atoms with Crippen molar-refractivity contribution in [2.24, 2.45) is 0 Å². The Hall–Kier alpha value is -2.75. The summed E-state index contributed by atoms with van der Waals surface area (Å²) in [7, 11) is -3.81. The number of carboxylic acid groups (broad SMARTS) is 2. The molecule has 0 aliphatic carbocycles. The van der Waals surface area contributed by atoms with E-state index < -0.39 is 21.8 Å². The SMILES string of the molecule is CCCCCC[N+](CCCCCC)(CCCCCC)CCCCCC.CCCCCC[N+](CCCCCC)(CCCCCC)CCCCCC.O=C(O)c1ccc(S(=O)(=O)c2ccc(C(=O)O)cc2)cc1. The van der Waals surface area contributed by atoms with E-state index in [0.29, 0.717) is 0 Å². The number of hydrogen-bond donors (Lipinski definition) is 2. The molecule has 2 rings (SSSR count). The Balaban J connectivity index is 0.00000104. The van der Waals surface area contributed by atoms with Crippen LogP contribution in [0.15, 0.2) is 58.3 Å². The second-order valence-electron chi connectivity index (χ2n) is 21.1. The highest BCUT2D eigenvalue weighted by Gasteiger charge is 2.27. The minimum absolute atomic E-state index is 0.0184. The van der Waals surface area contributed by atoms with Gasteiger partial charge in [0.15, 0.2) is 0 Å². The van der Waals surface area contributed by atoms with Crippen LogP contribution in [0.4, 0.5) is 0 Å². The Morgan fingerprint density at radius 1 is 0.310 bits per heavy atom. The first kappa shape index (κ1) is 68.2. The fourth-order valence-electron chi connectivity index (χ4n) is 10.0. The summed E-state index contributed by atoms with van der Waals surface area (Å²) in [6.45, 7) is 30.4. The lowest BCUT2D eigenvalue weighted by Gasteiger charge is -2.39. The maximum absolute atomic E-state index is 12.3. The number of aromatic carboxylic acids is 2. The predicted molar refractivity (Wildman–Crippen MR) is 305 cm³/mol. The maximum atomic E-state index is 12.3. The first-order valence-electron chi connectivity index (χ1n) is 29.9. The summed E-state index contributed by atoms with van der Waals surface area (Å²) in [5.74, 6) is -2.30. The van der Waals surface area contributed by atoms with Crippen molar-refractivity contribution in [3.05, 3.63) is 59.7 Å². The van der Waals surface area contributed by atoms with Gasteiger partial charge in [-0.2, -0.15) is 0 Å². The highest BCUT2D eigenvalue weighted by molar-refractivity contribution is 7.91. The smallest absolute Gasteiger partial charge is 0.335 e. The molecule has 412 valence electrons. The van der Waals surface area contributed by atoms with Gasteiger partial charge in [0, 0.05) is 0 Å². The van der Waals surface area contributed by atoms with Crippen molar-refractivity contribution in [2.75, 3.05) is 52.4 Å². The lowest BCUT2D eigenvalue weighted by Crippen LogP contribution is -2.50. The van der Waals surface area contributed by atoms with Crippen LogP contribution in [-0.4, -0.2) is 91.9 Å². The Labute approximate surface area is 439 Å². The van der Waals surface area contributed by atoms with Gasteiger partial charge in [0.1, 0.15) is 0 Å². The molecule has 2 aromatic carbocycles. The third-order valence-corrected chi connectivity index (χ3v) is 16.5. The van der Waals surface area contributed by atoms with E-state index in [1.54, 1.807) is 0 Å². The zero-order chi connectivity index (χ0) is 52.9. The molecular formula is C62H114N2O6S+2. The molecule has 2 N–H and O–H groups in total. The Kier molecular flexibility index (Phi) is 43.0. The van der Waals surface area contributed by atoms with Gasteiger partial charge in [-0.15, -0.1) is 0 Å². The first-order valence-corrected chi connectivity index (χ1v) is 31.4. The molecule has 0 spiro atoms. The van der Waals surface area contributed by atoms with Gasteiger partial charge in [0.05, 0.1) is 73.3 Å². The van der Waals surface area contributed by atoms with Crippen molar-refractivity contribution >= 4 is 21.8 Å². The first-order chi connectivity index (χ1) is 34.3. The zero-order valence-corrected chi connectivity index (χ0v) is 48.5. The van der Waals surface area contributed by atoms with Crippen LogP contribution in [-0.2, 0) is 9.84 Å². The molecule has 0 unspecified atom stereocenters. The lowest BCUT2D eigenvalue weighted by molar-refractivity contribution is -0.929. The normalized spacial score (nSPS) is 11.7. The zero-order valence-electron chi connectivity index (χ0n) is 47.7. The van der Waals surface area contributed by atoms with E-state index in [0.717, 1.165) is 0 Å². The van der Waals surface area contributed by atoms with Gasteiger partial charge in [-0.25, -0.2) is 18.0 Å². The Bertz CT molecular complexity index is 1420. The maximum Gasteiger partial charge on any atom is 0.335 e. The number of nitrogens with zero attached hydrogens (tertiary/aromatic N) is 2.